The minimum absolute atomic E-state index is 0.169. The lowest BCUT2D eigenvalue weighted by atomic mass is 9.82. The van der Waals surface area contributed by atoms with Crippen LogP contribution in [0.3, 0.4) is 0 Å². The predicted octanol–water partition coefficient (Wildman–Crippen LogP) is 1.89. The third-order valence-corrected chi connectivity index (χ3v) is 3.30. The van der Waals surface area contributed by atoms with Gasteiger partial charge in [-0.1, -0.05) is 19.3 Å². The van der Waals surface area contributed by atoms with E-state index in [-0.39, 0.29) is 12.1 Å². The molecule has 1 aliphatic carbocycles. The van der Waals surface area contributed by atoms with Crippen LogP contribution in [0.4, 0.5) is 5.82 Å². The maximum atomic E-state index is 9.56. The quantitative estimate of drug-likeness (QED) is 0.818. The first kappa shape index (κ1) is 11.3. The standard InChI is InChI=1S/C12H19N3O/c1-10-7-11(15-13-8-10)14-12(9-16)5-3-2-4-6-12/h7-8,16H,2-6,9H2,1H3,(H,14,15). The van der Waals surface area contributed by atoms with Gasteiger partial charge in [0.25, 0.3) is 0 Å². The summed E-state index contributed by atoms with van der Waals surface area (Å²) in [6.07, 6.45) is 7.37. The topological polar surface area (TPSA) is 58.0 Å². The number of rotatable bonds is 3. The molecule has 1 aromatic rings. The van der Waals surface area contributed by atoms with Crippen molar-refractivity contribution >= 4 is 5.82 Å². The molecule has 0 atom stereocenters. The number of aliphatic hydroxyl groups is 1. The van der Waals surface area contributed by atoms with Crippen molar-refractivity contribution in [2.24, 2.45) is 0 Å². The van der Waals surface area contributed by atoms with Crippen LogP contribution in [0.25, 0.3) is 0 Å². The van der Waals surface area contributed by atoms with Gasteiger partial charge in [-0.25, -0.2) is 0 Å². The molecule has 88 valence electrons. The van der Waals surface area contributed by atoms with Crippen molar-refractivity contribution in [1.82, 2.24) is 10.2 Å². The van der Waals surface area contributed by atoms with Gasteiger partial charge in [-0.15, -0.1) is 5.10 Å². The average molecular weight is 221 g/mol. The Morgan fingerprint density at radius 2 is 2.12 bits per heavy atom. The van der Waals surface area contributed by atoms with Gasteiger partial charge < -0.3 is 10.4 Å². The van der Waals surface area contributed by atoms with Gasteiger partial charge in [-0.05, 0) is 31.4 Å². The van der Waals surface area contributed by atoms with Crippen molar-refractivity contribution in [3.8, 4) is 0 Å². The van der Waals surface area contributed by atoms with Crippen LogP contribution in [0.5, 0.6) is 0 Å². The number of hydrogen-bond acceptors (Lipinski definition) is 4. The SMILES string of the molecule is Cc1cnnc(NC2(CO)CCCCC2)c1. The zero-order valence-electron chi connectivity index (χ0n) is 9.74. The highest BCUT2D eigenvalue weighted by atomic mass is 16.3. The number of aryl methyl sites for hydroxylation is 1. The number of aliphatic hydroxyl groups excluding tert-OH is 1. The van der Waals surface area contributed by atoms with E-state index in [2.05, 4.69) is 15.5 Å². The molecule has 2 N–H and O–H groups in total. The predicted molar refractivity (Wildman–Crippen MR) is 63.3 cm³/mol. The van der Waals surface area contributed by atoms with E-state index in [1.807, 2.05) is 13.0 Å². The van der Waals surface area contributed by atoms with Crippen LogP contribution in [0.2, 0.25) is 0 Å². The minimum atomic E-state index is -0.180. The second kappa shape index (κ2) is 4.78. The van der Waals surface area contributed by atoms with Gasteiger partial charge >= 0.3 is 0 Å². The number of aromatic nitrogens is 2. The minimum Gasteiger partial charge on any atom is -0.394 e. The van der Waals surface area contributed by atoms with Crippen LogP contribution in [0.1, 0.15) is 37.7 Å². The zero-order chi connectivity index (χ0) is 11.4. The van der Waals surface area contributed by atoms with E-state index >= 15 is 0 Å². The second-order valence-corrected chi connectivity index (χ2v) is 4.74. The molecular formula is C12H19N3O. The molecule has 1 fully saturated rings. The fourth-order valence-corrected chi connectivity index (χ4v) is 2.35. The van der Waals surface area contributed by atoms with Gasteiger partial charge in [-0.3, -0.25) is 0 Å². The van der Waals surface area contributed by atoms with Crippen LogP contribution in [-0.2, 0) is 0 Å². The maximum absolute atomic E-state index is 9.56. The van der Waals surface area contributed by atoms with E-state index in [1.165, 1.54) is 19.3 Å². The Hall–Kier alpha value is -1.16. The third kappa shape index (κ3) is 2.50. The Morgan fingerprint density at radius 1 is 1.38 bits per heavy atom. The molecule has 1 heterocycles. The third-order valence-electron chi connectivity index (χ3n) is 3.30. The van der Waals surface area contributed by atoms with Gasteiger partial charge in [0.15, 0.2) is 0 Å². The van der Waals surface area contributed by atoms with Gasteiger partial charge in [0.1, 0.15) is 5.82 Å². The summed E-state index contributed by atoms with van der Waals surface area (Å²) in [5, 5.41) is 20.9. The summed E-state index contributed by atoms with van der Waals surface area (Å²) in [6.45, 7) is 2.16. The van der Waals surface area contributed by atoms with Crippen LogP contribution in [0.15, 0.2) is 12.3 Å². The highest BCUT2D eigenvalue weighted by Gasteiger charge is 2.31. The van der Waals surface area contributed by atoms with Crippen molar-refractivity contribution in [1.29, 1.82) is 0 Å². The first-order valence-electron chi connectivity index (χ1n) is 5.92. The van der Waals surface area contributed by atoms with Crippen molar-refractivity contribution < 1.29 is 5.11 Å². The molecule has 0 aliphatic heterocycles. The maximum Gasteiger partial charge on any atom is 0.149 e. The first-order chi connectivity index (χ1) is 7.74. The van der Waals surface area contributed by atoms with Crippen LogP contribution in [0, 0.1) is 6.92 Å². The highest BCUT2D eigenvalue weighted by Crippen LogP contribution is 2.30. The molecule has 0 saturated heterocycles. The Bertz CT molecular complexity index is 348. The highest BCUT2D eigenvalue weighted by molar-refractivity contribution is 5.38. The fraction of sp³-hybridized carbons (Fsp3) is 0.667. The van der Waals surface area contributed by atoms with Crippen molar-refractivity contribution in [2.75, 3.05) is 11.9 Å². The Balaban J connectivity index is 2.11. The lowest BCUT2D eigenvalue weighted by Gasteiger charge is -2.36. The van der Waals surface area contributed by atoms with E-state index in [9.17, 15) is 5.11 Å². The van der Waals surface area contributed by atoms with Crippen LogP contribution >= 0.6 is 0 Å². The fourth-order valence-electron chi connectivity index (χ4n) is 2.35. The number of nitrogens with one attached hydrogen (secondary N) is 1. The number of nitrogens with zero attached hydrogens (tertiary/aromatic N) is 2. The van der Waals surface area contributed by atoms with Gasteiger partial charge in [0.2, 0.25) is 0 Å². The normalized spacial score (nSPS) is 19.4. The molecule has 4 heteroatoms. The molecule has 1 saturated carbocycles. The smallest absolute Gasteiger partial charge is 0.149 e. The zero-order valence-corrected chi connectivity index (χ0v) is 9.74. The van der Waals surface area contributed by atoms with Crippen molar-refractivity contribution in [3.63, 3.8) is 0 Å². The van der Waals surface area contributed by atoms with Crippen molar-refractivity contribution in [3.05, 3.63) is 17.8 Å². The summed E-state index contributed by atoms with van der Waals surface area (Å²) < 4.78 is 0. The summed E-state index contributed by atoms with van der Waals surface area (Å²) >= 11 is 0. The molecule has 1 aliphatic rings. The van der Waals surface area contributed by atoms with Crippen LogP contribution in [-0.4, -0.2) is 27.4 Å². The largest absolute Gasteiger partial charge is 0.394 e. The summed E-state index contributed by atoms with van der Waals surface area (Å²) in [6, 6.07) is 1.97. The molecule has 0 unspecified atom stereocenters. The van der Waals surface area contributed by atoms with Gasteiger partial charge in [0.05, 0.1) is 18.3 Å². The summed E-state index contributed by atoms with van der Waals surface area (Å²) in [4.78, 5) is 0. The van der Waals surface area contributed by atoms with Gasteiger partial charge in [0, 0.05) is 0 Å². The molecule has 16 heavy (non-hydrogen) atoms. The molecule has 0 bridgehead atoms. The first-order valence-corrected chi connectivity index (χ1v) is 5.92. The number of hydrogen-bond donors (Lipinski definition) is 2. The Kier molecular flexibility index (Phi) is 3.39. The summed E-state index contributed by atoms with van der Waals surface area (Å²) in [7, 11) is 0. The van der Waals surface area contributed by atoms with E-state index in [1.54, 1.807) is 6.20 Å². The molecule has 4 nitrogen and oxygen atoms in total. The Morgan fingerprint density at radius 3 is 2.75 bits per heavy atom. The van der Waals surface area contributed by atoms with E-state index in [4.69, 9.17) is 0 Å². The monoisotopic (exact) mass is 221 g/mol. The molecule has 1 aromatic heterocycles. The second-order valence-electron chi connectivity index (χ2n) is 4.74. The van der Waals surface area contributed by atoms with Gasteiger partial charge in [-0.2, -0.15) is 5.10 Å². The van der Waals surface area contributed by atoms with E-state index < -0.39 is 0 Å². The van der Waals surface area contributed by atoms with E-state index in [0.29, 0.717) is 0 Å². The lowest BCUT2D eigenvalue weighted by molar-refractivity contribution is 0.172. The molecule has 2 rings (SSSR count). The van der Waals surface area contributed by atoms with Crippen LogP contribution < -0.4 is 5.32 Å². The molecule has 0 aromatic carbocycles. The molecule has 0 radical (unpaired) electrons. The molecule has 0 amide bonds. The van der Waals surface area contributed by atoms with E-state index in [0.717, 1.165) is 24.2 Å². The molecular weight excluding hydrogens is 202 g/mol. The summed E-state index contributed by atoms with van der Waals surface area (Å²) in [5.41, 5.74) is 0.905. The Labute approximate surface area is 96.1 Å². The number of anilines is 1. The lowest BCUT2D eigenvalue weighted by Crippen LogP contribution is -2.44. The van der Waals surface area contributed by atoms with Crippen molar-refractivity contribution in [2.45, 2.75) is 44.6 Å². The average Bonchev–Trinajstić information content (AvgIpc) is 2.30. The summed E-state index contributed by atoms with van der Waals surface area (Å²) in [5.74, 6) is 0.774. The molecule has 0 spiro atoms.